The Labute approximate surface area is 198 Å². The molecule has 7 aromatic carbocycles. The summed E-state index contributed by atoms with van der Waals surface area (Å²) >= 11 is 0. The van der Waals surface area contributed by atoms with Gasteiger partial charge in [0.1, 0.15) is 0 Å². The molecule has 0 heterocycles. The van der Waals surface area contributed by atoms with Gasteiger partial charge in [0.05, 0.1) is 0 Å². The molecule has 0 amide bonds. The van der Waals surface area contributed by atoms with E-state index < -0.39 is 0 Å². The van der Waals surface area contributed by atoms with Crippen LogP contribution < -0.4 is 0 Å². The van der Waals surface area contributed by atoms with Gasteiger partial charge in [-0.05, 0) is 71.4 Å². The summed E-state index contributed by atoms with van der Waals surface area (Å²) < 4.78 is 0. The molecular weight excluding hydrogens is 408 g/mol. The van der Waals surface area contributed by atoms with Gasteiger partial charge in [-0.1, -0.05) is 127 Å². The number of benzene rings is 7. The van der Waals surface area contributed by atoms with Crippen molar-refractivity contribution in [3.8, 4) is 22.3 Å². The lowest BCUT2D eigenvalue weighted by Gasteiger charge is -2.19. The summed E-state index contributed by atoms with van der Waals surface area (Å²) in [4.78, 5) is 0. The minimum atomic E-state index is 1.25. The normalized spacial score (nSPS) is 11.5. The average molecular weight is 431 g/mol. The van der Waals surface area contributed by atoms with E-state index in [4.69, 9.17) is 0 Å². The Morgan fingerprint density at radius 1 is 0.294 bits per heavy atom. The molecule has 7 rings (SSSR count). The number of fused-ring (bicyclic) bond motifs is 5. The van der Waals surface area contributed by atoms with Crippen LogP contribution in [0.3, 0.4) is 0 Å². The molecule has 0 fully saturated rings. The molecule has 0 radical (unpaired) electrons. The van der Waals surface area contributed by atoms with Crippen molar-refractivity contribution in [2.24, 2.45) is 0 Å². The van der Waals surface area contributed by atoms with Gasteiger partial charge in [0, 0.05) is 0 Å². The zero-order valence-corrected chi connectivity index (χ0v) is 18.7. The Balaban J connectivity index is 1.74. The van der Waals surface area contributed by atoms with Crippen molar-refractivity contribution in [2.75, 3.05) is 0 Å². The van der Waals surface area contributed by atoms with Crippen LogP contribution in [0, 0.1) is 0 Å². The number of hydrogen-bond acceptors (Lipinski definition) is 0. The molecule has 0 saturated heterocycles. The largest absolute Gasteiger partial charge is 0.0622 e. The molecule has 0 N–H and O–H groups in total. The first-order valence-corrected chi connectivity index (χ1v) is 11.8. The van der Waals surface area contributed by atoms with E-state index in [1.807, 2.05) is 0 Å². The lowest BCUT2D eigenvalue weighted by atomic mass is 9.84. The second-order valence-corrected chi connectivity index (χ2v) is 8.93. The van der Waals surface area contributed by atoms with Crippen molar-refractivity contribution in [3.63, 3.8) is 0 Å². The van der Waals surface area contributed by atoms with Gasteiger partial charge >= 0.3 is 0 Å². The zero-order valence-electron chi connectivity index (χ0n) is 18.7. The molecule has 0 saturated carbocycles. The Bertz CT molecular complexity index is 1840. The molecule has 7 aromatic rings. The Kier molecular flexibility index (Phi) is 4.25. The van der Waals surface area contributed by atoms with Crippen molar-refractivity contribution in [3.05, 3.63) is 133 Å². The summed E-state index contributed by atoms with van der Waals surface area (Å²) in [7, 11) is 0. The fourth-order valence-electron chi connectivity index (χ4n) is 5.51. The maximum atomic E-state index is 2.35. The van der Waals surface area contributed by atoms with Gasteiger partial charge in [0.15, 0.2) is 0 Å². The summed E-state index contributed by atoms with van der Waals surface area (Å²) in [6.45, 7) is 0. The van der Waals surface area contributed by atoms with Crippen LogP contribution in [0.15, 0.2) is 133 Å². The van der Waals surface area contributed by atoms with Gasteiger partial charge < -0.3 is 0 Å². The van der Waals surface area contributed by atoms with Crippen LogP contribution in [0.25, 0.3) is 65.3 Å². The van der Waals surface area contributed by atoms with Gasteiger partial charge in [-0.15, -0.1) is 0 Å². The van der Waals surface area contributed by atoms with Crippen LogP contribution in [-0.4, -0.2) is 0 Å². The molecule has 158 valence electrons. The van der Waals surface area contributed by atoms with E-state index in [1.165, 1.54) is 65.3 Å². The molecular formula is C34H22. The highest BCUT2D eigenvalue weighted by Gasteiger charge is 2.18. The van der Waals surface area contributed by atoms with Crippen molar-refractivity contribution in [2.45, 2.75) is 0 Å². The van der Waals surface area contributed by atoms with E-state index in [0.29, 0.717) is 0 Å². The van der Waals surface area contributed by atoms with E-state index in [0.717, 1.165) is 0 Å². The van der Waals surface area contributed by atoms with E-state index in [-0.39, 0.29) is 0 Å². The highest BCUT2D eigenvalue weighted by molar-refractivity contribution is 6.28. The van der Waals surface area contributed by atoms with Crippen LogP contribution >= 0.6 is 0 Å². The summed E-state index contributed by atoms with van der Waals surface area (Å²) in [5.41, 5.74) is 5.13. The Morgan fingerprint density at radius 3 is 1.68 bits per heavy atom. The summed E-state index contributed by atoms with van der Waals surface area (Å²) in [6, 6.07) is 48.6. The number of rotatable bonds is 2. The molecule has 0 spiro atoms. The molecule has 0 bridgehead atoms. The van der Waals surface area contributed by atoms with E-state index in [1.54, 1.807) is 0 Å². The third-order valence-corrected chi connectivity index (χ3v) is 7.01. The van der Waals surface area contributed by atoms with Crippen LogP contribution in [0.2, 0.25) is 0 Å². The molecule has 34 heavy (non-hydrogen) atoms. The monoisotopic (exact) mass is 430 g/mol. The van der Waals surface area contributed by atoms with Crippen molar-refractivity contribution < 1.29 is 0 Å². The van der Waals surface area contributed by atoms with Crippen LogP contribution in [0.4, 0.5) is 0 Å². The van der Waals surface area contributed by atoms with Gasteiger partial charge in [-0.3, -0.25) is 0 Å². The molecule has 0 aliphatic rings. The minimum Gasteiger partial charge on any atom is -0.0622 e. The van der Waals surface area contributed by atoms with Crippen LogP contribution in [-0.2, 0) is 0 Å². The fraction of sp³-hybridized carbons (Fsp3) is 0. The fourth-order valence-corrected chi connectivity index (χ4v) is 5.51. The number of hydrogen-bond donors (Lipinski definition) is 0. The Morgan fingerprint density at radius 2 is 0.882 bits per heavy atom. The minimum absolute atomic E-state index is 1.25. The van der Waals surface area contributed by atoms with Gasteiger partial charge in [0.25, 0.3) is 0 Å². The predicted molar refractivity (Wildman–Crippen MR) is 147 cm³/mol. The van der Waals surface area contributed by atoms with E-state index >= 15 is 0 Å². The van der Waals surface area contributed by atoms with E-state index in [9.17, 15) is 0 Å². The van der Waals surface area contributed by atoms with Crippen LogP contribution in [0.5, 0.6) is 0 Å². The molecule has 0 aliphatic heterocycles. The first-order valence-electron chi connectivity index (χ1n) is 11.8. The van der Waals surface area contributed by atoms with Gasteiger partial charge in [0.2, 0.25) is 0 Å². The highest BCUT2D eigenvalue weighted by atomic mass is 14.2. The second kappa shape index (κ2) is 7.57. The smallest absolute Gasteiger partial charge is 0.00141 e. The summed E-state index contributed by atoms with van der Waals surface area (Å²) in [6.07, 6.45) is 0. The molecule has 0 aliphatic carbocycles. The lowest BCUT2D eigenvalue weighted by Crippen LogP contribution is -1.92. The second-order valence-electron chi connectivity index (χ2n) is 8.93. The lowest BCUT2D eigenvalue weighted by molar-refractivity contribution is 1.67. The third-order valence-electron chi connectivity index (χ3n) is 7.01. The average Bonchev–Trinajstić information content (AvgIpc) is 2.91. The SMILES string of the molecule is c1ccc(-c2c3ccccc3c(-c3ccc4ccccc4c3)c3c2ccc2ccccc23)cc1. The van der Waals surface area contributed by atoms with Crippen molar-refractivity contribution in [1.29, 1.82) is 0 Å². The predicted octanol–water partition coefficient (Wildman–Crippen LogP) is 9.63. The molecule has 0 heteroatoms. The Hall–Kier alpha value is -4.42. The van der Waals surface area contributed by atoms with Crippen LogP contribution in [0.1, 0.15) is 0 Å². The van der Waals surface area contributed by atoms with Crippen molar-refractivity contribution in [1.82, 2.24) is 0 Å². The topological polar surface area (TPSA) is 0 Å². The summed E-state index contributed by atoms with van der Waals surface area (Å²) in [5, 5.41) is 10.3. The standard InChI is InChI=1S/C34H22/c1-2-12-25(13-3-1)32-29-16-8-9-17-30(29)33(27-19-18-23-10-4-5-14-26(23)22-27)34-28-15-7-6-11-24(28)20-21-31(32)34/h1-22H. The maximum absolute atomic E-state index is 2.35. The van der Waals surface area contributed by atoms with Gasteiger partial charge in [-0.2, -0.15) is 0 Å². The molecule has 0 atom stereocenters. The van der Waals surface area contributed by atoms with E-state index in [2.05, 4.69) is 133 Å². The molecule has 0 unspecified atom stereocenters. The highest BCUT2D eigenvalue weighted by Crippen LogP contribution is 2.46. The molecule has 0 aromatic heterocycles. The summed E-state index contributed by atoms with van der Waals surface area (Å²) in [5.74, 6) is 0. The first-order chi connectivity index (χ1) is 16.9. The zero-order chi connectivity index (χ0) is 22.5. The third kappa shape index (κ3) is 2.86. The molecule has 0 nitrogen and oxygen atoms in total. The first kappa shape index (κ1) is 19.1. The quantitative estimate of drug-likeness (QED) is 0.189. The maximum Gasteiger partial charge on any atom is -0.00141 e. The van der Waals surface area contributed by atoms with Crippen molar-refractivity contribution >= 4 is 43.1 Å². The van der Waals surface area contributed by atoms with Gasteiger partial charge in [-0.25, -0.2) is 0 Å².